The van der Waals surface area contributed by atoms with Crippen molar-refractivity contribution in [1.29, 1.82) is 0 Å². The highest BCUT2D eigenvalue weighted by Gasteiger charge is 2.11. The van der Waals surface area contributed by atoms with Crippen molar-refractivity contribution >= 4 is 29.1 Å². The second-order valence-electron chi connectivity index (χ2n) is 5.02. The van der Waals surface area contributed by atoms with E-state index in [1.165, 1.54) is 0 Å². The molecule has 6 nitrogen and oxygen atoms in total. The molecule has 1 N–H and O–H groups in total. The number of carbonyl (C=O) groups excluding carboxylic acids is 1. The molecule has 0 fully saturated rings. The summed E-state index contributed by atoms with van der Waals surface area (Å²) in [6.07, 6.45) is 0. The molecule has 0 bridgehead atoms. The van der Waals surface area contributed by atoms with Crippen molar-refractivity contribution < 1.29 is 14.1 Å². The van der Waals surface area contributed by atoms with Crippen molar-refractivity contribution in [1.82, 2.24) is 15.5 Å². The van der Waals surface area contributed by atoms with Crippen molar-refractivity contribution in [2.75, 3.05) is 6.61 Å². The number of halogens is 2. The SMILES string of the molecule is O=C(COc1ccc(Cl)cc1Cl)NCc1nc(-c2ccccc2)no1. The molecular formula is C17H13Cl2N3O3. The number of rotatable bonds is 6. The zero-order chi connectivity index (χ0) is 17.6. The van der Waals surface area contributed by atoms with E-state index in [2.05, 4.69) is 15.5 Å². The van der Waals surface area contributed by atoms with Crippen LogP contribution in [0.25, 0.3) is 11.4 Å². The third kappa shape index (κ3) is 4.71. The third-order valence-corrected chi connectivity index (χ3v) is 3.72. The van der Waals surface area contributed by atoms with Crippen LogP contribution in [0.2, 0.25) is 10.0 Å². The average molecular weight is 378 g/mol. The molecule has 1 heterocycles. The normalized spacial score (nSPS) is 10.5. The molecule has 0 saturated heterocycles. The molecule has 1 amide bonds. The van der Waals surface area contributed by atoms with Gasteiger partial charge in [-0.15, -0.1) is 0 Å². The number of nitrogens with one attached hydrogen (secondary N) is 1. The minimum atomic E-state index is -0.342. The Morgan fingerprint density at radius 1 is 1.16 bits per heavy atom. The molecule has 8 heteroatoms. The Hall–Kier alpha value is -2.57. The molecule has 0 aliphatic rings. The van der Waals surface area contributed by atoms with Crippen molar-refractivity contribution in [3.8, 4) is 17.1 Å². The molecular weight excluding hydrogens is 365 g/mol. The van der Waals surface area contributed by atoms with Gasteiger partial charge in [-0.3, -0.25) is 4.79 Å². The third-order valence-electron chi connectivity index (χ3n) is 3.19. The lowest BCUT2D eigenvalue weighted by Crippen LogP contribution is -2.28. The predicted octanol–water partition coefficient (Wildman–Crippen LogP) is 3.74. The number of amides is 1. The van der Waals surface area contributed by atoms with Crippen LogP contribution in [0.15, 0.2) is 53.1 Å². The first-order valence-electron chi connectivity index (χ1n) is 7.34. The van der Waals surface area contributed by atoms with Crippen LogP contribution < -0.4 is 10.1 Å². The topological polar surface area (TPSA) is 77.2 Å². The second kappa shape index (κ2) is 8.00. The Kier molecular flexibility index (Phi) is 5.53. The van der Waals surface area contributed by atoms with Crippen molar-refractivity contribution in [3.63, 3.8) is 0 Å². The van der Waals surface area contributed by atoms with E-state index in [-0.39, 0.29) is 19.1 Å². The van der Waals surface area contributed by atoms with Gasteiger partial charge in [0.2, 0.25) is 11.7 Å². The smallest absolute Gasteiger partial charge is 0.258 e. The van der Waals surface area contributed by atoms with Crippen molar-refractivity contribution in [3.05, 3.63) is 64.5 Å². The van der Waals surface area contributed by atoms with Gasteiger partial charge in [0.15, 0.2) is 6.61 Å². The number of carbonyl (C=O) groups is 1. The molecule has 0 aliphatic carbocycles. The van der Waals surface area contributed by atoms with Crippen LogP contribution >= 0.6 is 23.2 Å². The molecule has 0 atom stereocenters. The molecule has 3 rings (SSSR count). The Balaban J connectivity index is 1.50. The van der Waals surface area contributed by atoms with Gasteiger partial charge in [0, 0.05) is 10.6 Å². The summed E-state index contributed by atoms with van der Waals surface area (Å²) in [7, 11) is 0. The number of benzene rings is 2. The van der Waals surface area contributed by atoms with E-state index < -0.39 is 0 Å². The minimum Gasteiger partial charge on any atom is -0.482 e. The monoisotopic (exact) mass is 377 g/mol. The van der Waals surface area contributed by atoms with Gasteiger partial charge in [-0.05, 0) is 18.2 Å². The summed E-state index contributed by atoms with van der Waals surface area (Å²) >= 11 is 11.8. The van der Waals surface area contributed by atoms with E-state index in [1.54, 1.807) is 18.2 Å². The van der Waals surface area contributed by atoms with E-state index in [4.69, 9.17) is 32.5 Å². The van der Waals surface area contributed by atoms with E-state index in [0.29, 0.717) is 27.5 Å². The first-order chi connectivity index (χ1) is 12.1. The van der Waals surface area contributed by atoms with Gasteiger partial charge in [-0.2, -0.15) is 4.98 Å². The lowest BCUT2D eigenvalue weighted by atomic mass is 10.2. The number of nitrogens with zero attached hydrogens (tertiary/aromatic N) is 2. The van der Waals surface area contributed by atoms with E-state index in [9.17, 15) is 4.79 Å². The first-order valence-corrected chi connectivity index (χ1v) is 8.10. The van der Waals surface area contributed by atoms with Crippen LogP contribution in [0.1, 0.15) is 5.89 Å². The van der Waals surface area contributed by atoms with Gasteiger partial charge in [0.1, 0.15) is 5.75 Å². The summed E-state index contributed by atoms with van der Waals surface area (Å²) in [6, 6.07) is 14.2. The average Bonchev–Trinajstić information content (AvgIpc) is 3.09. The fourth-order valence-corrected chi connectivity index (χ4v) is 2.45. The lowest BCUT2D eigenvalue weighted by Gasteiger charge is -2.07. The highest BCUT2D eigenvalue weighted by molar-refractivity contribution is 6.35. The van der Waals surface area contributed by atoms with Gasteiger partial charge in [0.05, 0.1) is 11.6 Å². The quantitative estimate of drug-likeness (QED) is 0.707. The summed E-state index contributed by atoms with van der Waals surface area (Å²) in [6.45, 7) is -0.0859. The Morgan fingerprint density at radius 3 is 2.72 bits per heavy atom. The zero-order valence-corrected chi connectivity index (χ0v) is 14.4. The number of hydrogen-bond acceptors (Lipinski definition) is 5. The number of hydrogen-bond donors (Lipinski definition) is 1. The van der Waals surface area contributed by atoms with E-state index in [1.807, 2.05) is 30.3 Å². The Bertz CT molecular complexity index is 869. The van der Waals surface area contributed by atoms with Gasteiger partial charge in [0.25, 0.3) is 5.91 Å². The summed E-state index contributed by atoms with van der Waals surface area (Å²) < 4.78 is 10.5. The molecule has 0 aliphatic heterocycles. The lowest BCUT2D eigenvalue weighted by molar-refractivity contribution is -0.123. The number of ether oxygens (including phenoxy) is 1. The predicted molar refractivity (Wildman–Crippen MR) is 93.5 cm³/mol. The van der Waals surface area contributed by atoms with Crippen LogP contribution in [-0.2, 0) is 11.3 Å². The molecule has 0 saturated carbocycles. The zero-order valence-electron chi connectivity index (χ0n) is 12.9. The van der Waals surface area contributed by atoms with Gasteiger partial charge < -0.3 is 14.6 Å². The summed E-state index contributed by atoms with van der Waals surface area (Å²) in [5, 5.41) is 7.35. The second-order valence-corrected chi connectivity index (χ2v) is 5.86. The molecule has 0 unspecified atom stereocenters. The molecule has 0 radical (unpaired) electrons. The molecule has 3 aromatic rings. The number of aromatic nitrogens is 2. The van der Waals surface area contributed by atoms with Crippen LogP contribution in [-0.4, -0.2) is 22.7 Å². The maximum absolute atomic E-state index is 11.8. The van der Waals surface area contributed by atoms with E-state index in [0.717, 1.165) is 5.56 Å². The molecule has 1 aromatic heterocycles. The molecule has 25 heavy (non-hydrogen) atoms. The highest BCUT2D eigenvalue weighted by Crippen LogP contribution is 2.27. The van der Waals surface area contributed by atoms with Gasteiger partial charge in [-0.25, -0.2) is 0 Å². The summed E-state index contributed by atoms with van der Waals surface area (Å²) in [5.74, 6) is 0.807. The maximum atomic E-state index is 11.8. The van der Waals surface area contributed by atoms with Crippen LogP contribution in [0.4, 0.5) is 0 Å². The molecule has 2 aromatic carbocycles. The van der Waals surface area contributed by atoms with Crippen molar-refractivity contribution in [2.24, 2.45) is 0 Å². The van der Waals surface area contributed by atoms with Gasteiger partial charge in [-0.1, -0.05) is 58.7 Å². The Morgan fingerprint density at radius 2 is 1.96 bits per heavy atom. The van der Waals surface area contributed by atoms with Gasteiger partial charge >= 0.3 is 0 Å². The van der Waals surface area contributed by atoms with Crippen LogP contribution in [0.3, 0.4) is 0 Å². The largest absolute Gasteiger partial charge is 0.482 e. The minimum absolute atomic E-state index is 0.108. The Labute approximate surface area is 153 Å². The maximum Gasteiger partial charge on any atom is 0.258 e. The highest BCUT2D eigenvalue weighted by atomic mass is 35.5. The molecule has 0 spiro atoms. The summed E-state index contributed by atoms with van der Waals surface area (Å²) in [4.78, 5) is 16.1. The fraction of sp³-hybridized carbons (Fsp3) is 0.118. The van der Waals surface area contributed by atoms with E-state index >= 15 is 0 Å². The van der Waals surface area contributed by atoms with Crippen LogP contribution in [0.5, 0.6) is 5.75 Å². The van der Waals surface area contributed by atoms with Crippen molar-refractivity contribution in [2.45, 2.75) is 6.54 Å². The standard InChI is InChI=1S/C17H13Cl2N3O3/c18-12-6-7-14(13(19)8-12)24-10-15(23)20-9-16-21-17(22-25-16)11-4-2-1-3-5-11/h1-8H,9-10H2,(H,20,23). The fourth-order valence-electron chi connectivity index (χ4n) is 1.99. The summed E-state index contributed by atoms with van der Waals surface area (Å²) in [5.41, 5.74) is 0.838. The first kappa shape index (κ1) is 17.3. The van der Waals surface area contributed by atoms with Crippen LogP contribution in [0, 0.1) is 0 Å². The molecule has 128 valence electrons.